The van der Waals surface area contributed by atoms with Gasteiger partial charge in [-0.15, -0.1) is 0 Å². The summed E-state index contributed by atoms with van der Waals surface area (Å²) in [5, 5.41) is 13.3. The molecule has 0 aliphatic heterocycles. The van der Waals surface area contributed by atoms with Crippen LogP contribution in [-0.2, 0) is 11.4 Å². The fourth-order valence-corrected chi connectivity index (χ4v) is 3.39. The highest BCUT2D eigenvalue weighted by molar-refractivity contribution is 6.31. The monoisotopic (exact) mass is 464 g/mol. The van der Waals surface area contributed by atoms with E-state index in [0.29, 0.717) is 33.7 Å². The van der Waals surface area contributed by atoms with E-state index in [1.165, 1.54) is 17.2 Å². The van der Waals surface area contributed by atoms with Crippen molar-refractivity contribution in [2.24, 2.45) is 0 Å². The van der Waals surface area contributed by atoms with Gasteiger partial charge in [0.05, 0.1) is 0 Å². The molecule has 0 atom stereocenters. The fraction of sp³-hybridized carbons (Fsp3) is 0.154. The molecule has 4 nitrogen and oxygen atoms in total. The van der Waals surface area contributed by atoms with Crippen LogP contribution in [0.25, 0.3) is 6.08 Å². The molecule has 0 unspecified atom stereocenters. The summed E-state index contributed by atoms with van der Waals surface area (Å²) in [6, 6.07) is 18.3. The molecule has 3 aromatic carbocycles. The van der Waals surface area contributed by atoms with Gasteiger partial charge in [-0.1, -0.05) is 47.5 Å². The number of amides is 1. The summed E-state index contributed by atoms with van der Waals surface area (Å²) >= 11 is 12.2. The van der Waals surface area contributed by atoms with Crippen molar-refractivity contribution in [3.05, 3.63) is 98.0 Å². The van der Waals surface area contributed by atoms with Gasteiger partial charge in [0, 0.05) is 21.3 Å². The zero-order valence-corrected chi connectivity index (χ0v) is 19.5. The molecule has 0 spiro atoms. The van der Waals surface area contributed by atoms with Gasteiger partial charge in [0.15, 0.2) is 0 Å². The summed E-state index contributed by atoms with van der Waals surface area (Å²) in [4.78, 5) is 12.7. The average molecular weight is 465 g/mol. The van der Waals surface area contributed by atoms with Crippen LogP contribution < -0.4 is 10.1 Å². The first-order valence-electron chi connectivity index (χ1n) is 9.94. The normalized spacial score (nSPS) is 11.1. The number of rotatable bonds is 6. The van der Waals surface area contributed by atoms with Crippen molar-refractivity contribution in [2.45, 2.75) is 27.4 Å². The molecule has 0 radical (unpaired) electrons. The van der Waals surface area contributed by atoms with E-state index in [2.05, 4.69) is 25.2 Å². The van der Waals surface area contributed by atoms with E-state index in [4.69, 9.17) is 27.9 Å². The Hall–Kier alpha value is -3.26. The SMILES string of the molecule is Cc1ccc(COc2ccc(Cl)cc2/C=C(\C#N)C(=O)Nc2cc(Cl)ccc2C)cc1C. The summed E-state index contributed by atoms with van der Waals surface area (Å²) in [5.41, 5.74) is 5.25. The van der Waals surface area contributed by atoms with E-state index in [1.807, 2.05) is 25.1 Å². The number of hydrogen-bond acceptors (Lipinski definition) is 3. The molecule has 3 rings (SSSR count). The zero-order chi connectivity index (χ0) is 23.3. The van der Waals surface area contributed by atoms with Crippen molar-refractivity contribution in [1.82, 2.24) is 0 Å². The lowest BCUT2D eigenvalue weighted by Gasteiger charge is -2.12. The third-order valence-corrected chi connectivity index (χ3v) is 5.52. The van der Waals surface area contributed by atoms with Crippen molar-refractivity contribution < 1.29 is 9.53 Å². The summed E-state index contributed by atoms with van der Waals surface area (Å²) in [5.74, 6) is -0.0231. The van der Waals surface area contributed by atoms with Gasteiger partial charge < -0.3 is 10.1 Å². The third kappa shape index (κ3) is 5.91. The maximum Gasteiger partial charge on any atom is 0.266 e. The number of hydrogen-bond donors (Lipinski definition) is 1. The first kappa shape index (κ1) is 23.4. The van der Waals surface area contributed by atoms with Crippen LogP contribution in [0.4, 0.5) is 5.69 Å². The van der Waals surface area contributed by atoms with Crippen LogP contribution >= 0.6 is 23.2 Å². The molecule has 0 saturated carbocycles. The summed E-state index contributed by atoms with van der Waals surface area (Å²) in [7, 11) is 0. The molecule has 1 amide bonds. The number of benzene rings is 3. The number of nitrogens with one attached hydrogen (secondary N) is 1. The highest BCUT2D eigenvalue weighted by atomic mass is 35.5. The minimum atomic E-state index is -0.544. The molecule has 6 heteroatoms. The maximum atomic E-state index is 12.7. The van der Waals surface area contributed by atoms with Crippen molar-refractivity contribution in [3.63, 3.8) is 0 Å². The van der Waals surface area contributed by atoms with Gasteiger partial charge >= 0.3 is 0 Å². The Morgan fingerprint density at radius 3 is 2.38 bits per heavy atom. The lowest BCUT2D eigenvalue weighted by atomic mass is 10.1. The minimum absolute atomic E-state index is 0.0809. The Morgan fingerprint density at radius 2 is 1.66 bits per heavy atom. The van der Waals surface area contributed by atoms with Gasteiger partial charge in [-0.2, -0.15) is 5.26 Å². The van der Waals surface area contributed by atoms with Crippen LogP contribution in [0.2, 0.25) is 10.0 Å². The van der Waals surface area contributed by atoms with Gasteiger partial charge in [0.2, 0.25) is 0 Å². The molecule has 1 N–H and O–H groups in total. The lowest BCUT2D eigenvalue weighted by molar-refractivity contribution is -0.112. The molecule has 0 aromatic heterocycles. The van der Waals surface area contributed by atoms with Gasteiger partial charge in [-0.05, 0) is 79.4 Å². The van der Waals surface area contributed by atoms with Crippen LogP contribution in [-0.4, -0.2) is 5.91 Å². The van der Waals surface area contributed by atoms with Crippen LogP contribution in [0, 0.1) is 32.1 Å². The van der Waals surface area contributed by atoms with E-state index < -0.39 is 5.91 Å². The minimum Gasteiger partial charge on any atom is -0.488 e. The molecule has 0 saturated heterocycles. The van der Waals surface area contributed by atoms with E-state index >= 15 is 0 Å². The number of aryl methyl sites for hydroxylation is 3. The number of carbonyl (C=O) groups excluding carboxylic acids is 1. The molecule has 0 aliphatic rings. The van der Waals surface area contributed by atoms with Crippen molar-refractivity contribution in [3.8, 4) is 11.8 Å². The zero-order valence-electron chi connectivity index (χ0n) is 18.0. The second-order valence-electron chi connectivity index (χ2n) is 7.47. The Morgan fingerprint density at radius 1 is 0.969 bits per heavy atom. The van der Waals surface area contributed by atoms with Crippen molar-refractivity contribution >= 4 is 40.9 Å². The number of nitrogens with zero attached hydrogens (tertiary/aromatic N) is 1. The van der Waals surface area contributed by atoms with Gasteiger partial charge in [0.1, 0.15) is 24.0 Å². The number of ether oxygens (including phenoxy) is 1. The van der Waals surface area contributed by atoms with Crippen molar-refractivity contribution in [2.75, 3.05) is 5.32 Å². The number of nitriles is 1. The van der Waals surface area contributed by atoms with Crippen LogP contribution in [0.1, 0.15) is 27.8 Å². The molecule has 0 bridgehead atoms. The maximum absolute atomic E-state index is 12.7. The van der Waals surface area contributed by atoms with Crippen LogP contribution in [0.15, 0.2) is 60.2 Å². The topological polar surface area (TPSA) is 62.1 Å². The number of anilines is 1. The molecular formula is C26H22Cl2N2O2. The van der Waals surface area contributed by atoms with Gasteiger partial charge in [0.25, 0.3) is 5.91 Å². The second kappa shape index (κ2) is 10.4. The van der Waals surface area contributed by atoms with E-state index in [-0.39, 0.29) is 5.57 Å². The predicted molar refractivity (Wildman–Crippen MR) is 130 cm³/mol. The third-order valence-electron chi connectivity index (χ3n) is 5.05. The summed E-state index contributed by atoms with van der Waals surface area (Å²) < 4.78 is 5.99. The average Bonchev–Trinajstić information content (AvgIpc) is 2.76. The smallest absolute Gasteiger partial charge is 0.266 e. The number of carbonyl (C=O) groups is 1. The molecule has 0 heterocycles. The lowest BCUT2D eigenvalue weighted by Crippen LogP contribution is -2.14. The summed E-state index contributed by atoms with van der Waals surface area (Å²) in [6.45, 7) is 6.30. The molecule has 0 aliphatic carbocycles. The molecule has 0 fully saturated rings. The highest BCUT2D eigenvalue weighted by Crippen LogP contribution is 2.27. The quantitative estimate of drug-likeness (QED) is 0.314. The van der Waals surface area contributed by atoms with E-state index in [9.17, 15) is 10.1 Å². The van der Waals surface area contributed by atoms with Crippen LogP contribution in [0.3, 0.4) is 0 Å². The highest BCUT2D eigenvalue weighted by Gasteiger charge is 2.13. The summed E-state index contributed by atoms with van der Waals surface area (Å²) in [6.07, 6.45) is 1.47. The van der Waals surface area contributed by atoms with Crippen molar-refractivity contribution in [1.29, 1.82) is 5.26 Å². The van der Waals surface area contributed by atoms with Crippen LogP contribution in [0.5, 0.6) is 5.75 Å². The van der Waals surface area contributed by atoms with Gasteiger partial charge in [-0.3, -0.25) is 4.79 Å². The Kier molecular flexibility index (Phi) is 7.58. The Balaban J connectivity index is 1.85. The predicted octanol–water partition coefficient (Wildman–Crippen LogP) is 7.04. The molecular weight excluding hydrogens is 443 g/mol. The van der Waals surface area contributed by atoms with E-state index in [0.717, 1.165) is 11.1 Å². The number of halogens is 2. The Labute approximate surface area is 198 Å². The van der Waals surface area contributed by atoms with Gasteiger partial charge in [-0.25, -0.2) is 0 Å². The first-order chi connectivity index (χ1) is 15.3. The molecule has 3 aromatic rings. The largest absolute Gasteiger partial charge is 0.488 e. The molecule has 162 valence electrons. The Bertz CT molecular complexity index is 1240. The molecule has 32 heavy (non-hydrogen) atoms. The fourth-order valence-electron chi connectivity index (χ4n) is 3.04. The first-order valence-corrected chi connectivity index (χ1v) is 10.7. The van der Waals surface area contributed by atoms with E-state index in [1.54, 1.807) is 36.4 Å². The standard InChI is InChI=1S/C26H22Cl2N2O2/c1-16-4-6-19(10-18(16)3)15-32-25-9-8-22(27)12-20(25)11-21(14-29)26(31)30-24-13-23(28)7-5-17(24)2/h4-13H,15H2,1-3H3,(H,30,31)/b21-11+. The second-order valence-corrected chi connectivity index (χ2v) is 8.35.